The van der Waals surface area contributed by atoms with Gasteiger partial charge < -0.3 is 10.2 Å². The van der Waals surface area contributed by atoms with E-state index in [1.807, 2.05) is 62.4 Å². The van der Waals surface area contributed by atoms with Gasteiger partial charge in [-0.1, -0.05) is 59.7 Å². The van der Waals surface area contributed by atoms with Gasteiger partial charge in [0, 0.05) is 6.42 Å². The molecule has 0 saturated heterocycles. The van der Waals surface area contributed by atoms with E-state index in [0.717, 1.165) is 22.3 Å². The van der Waals surface area contributed by atoms with Gasteiger partial charge in [0.05, 0.1) is 12.2 Å². The summed E-state index contributed by atoms with van der Waals surface area (Å²) in [6.07, 6.45) is -0.972. The van der Waals surface area contributed by atoms with Gasteiger partial charge in [0.15, 0.2) is 0 Å². The van der Waals surface area contributed by atoms with Gasteiger partial charge in [0.1, 0.15) is 0 Å². The lowest BCUT2D eigenvalue weighted by Gasteiger charge is -2.16. The van der Waals surface area contributed by atoms with Gasteiger partial charge in [0.2, 0.25) is 0 Å². The van der Waals surface area contributed by atoms with E-state index >= 15 is 0 Å². The van der Waals surface area contributed by atoms with Crippen LogP contribution in [0.2, 0.25) is 0 Å². The lowest BCUT2D eigenvalue weighted by atomic mass is 9.98. The first-order valence-electron chi connectivity index (χ1n) is 6.55. The minimum Gasteiger partial charge on any atom is -0.388 e. The van der Waals surface area contributed by atoms with Crippen molar-refractivity contribution in [3.05, 3.63) is 70.8 Å². The number of aliphatic hydroxyl groups excluding tert-OH is 2. The highest BCUT2D eigenvalue weighted by Gasteiger charge is 2.15. The van der Waals surface area contributed by atoms with Crippen LogP contribution in [0.5, 0.6) is 0 Å². The van der Waals surface area contributed by atoms with Crippen molar-refractivity contribution in [3.63, 3.8) is 0 Å². The predicted octanol–water partition coefficient (Wildman–Crippen LogP) is 3.46. The summed E-state index contributed by atoms with van der Waals surface area (Å²) in [6.45, 7) is 4.02. The normalized spacial score (nSPS) is 14.1. The van der Waals surface area contributed by atoms with Crippen molar-refractivity contribution in [1.82, 2.24) is 0 Å². The Labute approximate surface area is 114 Å². The van der Waals surface area contributed by atoms with Crippen LogP contribution in [0.15, 0.2) is 48.5 Å². The second kappa shape index (κ2) is 6.00. The van der Waals surface area contributed by atoms with Crippen LogP contribution in [0.4, 0.5) is 0 Å². The SMILES string of the molecule is Cc1ccc(C(O)CC(O)c2ccc(C)cc2)cc1. The van der Waals surface area contributed by atoms with Crippen LogP contribution < -0.4 is 0 Å². The van der Waals surface area contributed by atoms with E-state index in [-0.39, 0.29) is 0 Å². The molecule has 0 aliphatic rings. The molecular weight excluding hydrogens is 236 g/mol. The molecule has 2 aromatic rings. The third-order valence-corrected chi connectivity index (χ3v) is 3.37. The molecule has 0 radical (unpaired) electrons. The standard InChI is InChI=1S/C17H20O2/c1-12-3-7-14(8-4-12)16(18)11-17(19)15-9-5-13(2)6-10-15/h3-10,16-19H,11H2,1-2H3. The third kappa shape index (κ3) is 3.66. The Hall–Kier alpha value is -1.64. The lowest BCUT2D eigenvalue weighted by molar-refractivity contribution is 0.0804. The van der Waals surface area contributed by atoms with Gasteiger partial charge in [-0.3, -0.25) is 0 Å². The van der Waals surface area contributed by atoms with Gasteiger partial charge in [-0.2, -0.15) is 0 Å². The van der Waals surface area contributed by atoms with Crippen molar-refractivity contribution >= 4 is 0 Å². The number of hydrogen-bond acceptors (Lipinski definition) is 2. The first kappa shape index (κ1) is 13.8. The molecule has 2 nitrogen and oxygen atoms in total. The van der Waals surface area contributed by atoms with E-state index in [4.69, 9.17) is 0 Å². The summed E-state index contributed by atoms with van der Waals surface area (Å²) in [7, 11) is 0. The highest BCUT2D eigenvalue weighted by molar-refractivity contribution is 5.25. The molecule has 0 saturated carbocycles. The second-order valence-corrected chi connectivity index (χ2v) is 5.09. The highest BCUT2D eigenvalue weighted by Crippen LogP contribution is 2.26. The fourth-order valence-corrected chi connectivity index (χ4v) is 2.06. The monoisotopic (exact) mass is 256 g/mol. The van der Waals surface area contributed by atoms with E-state index in [1.54, 1.807) is 0 Å². The molecule has 2 unspecified atom stereocenters. The zero-order valence-corrected chi connectivity index (χ0v) is 11.4. The maximum atomic E-state index is 10.1. The largest absolute Gasteiger partial charge is 0.388 e. The molecule has 100 valence electrons. The number of aryl methyl sites for hydroxylation is 2. The molecule has 0 spiro atoms. The summed E-state index contributed by atoms with van der Waals surface area (Å²) in [5.74, 6) is 0. The smallest absolute Gasteiger partial charge is 0.0818 e. The Morgan fingerprint density at radius 1 is 0.684 bits per heavy atom. The number of hydrogen-bond donors (Lipinski definition) is 2. The summed E-state index contributed by atoms with van der Waals surface area (Å²) < 4.78 is 0. The molecular formula is C17H20O2. The molecule has 0 heterocycles. The quantitative estimate of drug-likeness (QED) is 0.879. The maximum Gasteiger partial charge on any atom is 0.0818 e. The van der Waals surface area contributed by atoms with Crippen LogP contribution >= 0.6 is 0 Å². The van der Waals surface area contributed by atoms with Crippen molar-refractivity contribution in [2.45, 2.75) is 32.5 Å². The number of benzene rings is 2. The molecule has 2 N–H and O–H groups in total. The molecule has 2 heteroatoms. The van der Waals surface area contributed by atoms with Gasteiger partial charge >= 0.3 is 0 Å². The maximum absolute atomic E-state index is 10.1. The van der Waals surface area contributed by atoms with Crippen LogP contribution in [0.1, 0.15) is 40.9 Å². The van der Waals surface area contributed by atoms with Crippen LogP contribution in [0.3, 0.4) is 0 Å². The first-order valence-corrected chi connectivity index (χ1v) is 6.55. The summed E-state index contributed by atoms with van der Waals surface area (Å²) in [4.78, 5) is 0. The average Bonchev–Trinajstić information content (AvgIpc) is 2.40. The molecule has 2 atom stereocenters. The molecule has 19 heavy (non-hydrogen) atoms. The Morgan fingerprint density at radius 3 is 1.32 bits per heavy atom. The topological polar surface area (TPSA) is 40.5 Å². The molecule has 0 aliphatic heterocycles. The zero-order valence-electron chi connectivity index (χ0n) is 11.4. The van der Waals surface area contributed by atoms with E-state index in [2.05, 4.69) is 0 Å². The zero-order chi connectivity index (χ0) is 13.8. The summed E-state index contributed by atoms with van der Waals surface area (Å²) in [5, 5.41) is 20.3. The Kier molecular flexibility index (Phi) is 4.35. The van der Waals surface area contributed by atoms with Crippen LogP contribution in [0, 0.1) is 13.8 Å². The molecule has 0 aliphatic carbocycles. The van der Waals surface area contributed by atoms with E-state index in [1.165, 1.54) is 0 Å². The van der Waals surface area contributed by atoms with Crippen molar-refractivity contribution < 1.29 is 10.2 Å². The summed E-state index contributed by atoms with van der Waals surface area (Å²) >= 11 is 0. The molecule has 0 bridgehead atoms. The van der Waals surface area contributed by atoms with Crippen molar-refractivity contribution in [3.8, 4) is 0 Å². The minimum atomic E-state index is -0.642. The number of rotatable bonds is 4. The fourth-order valence-electron chi connectivity index (χ4n) is 2.06. The minimum absolute atomic E-state index is 0.312. The van der Waals surface area contributed by atoms with Crippen LogP contribution in [-0.2, 0) is 0 Å². The van der Waals surface area contributed by atoms with E-state index in [0.29, 0.717) is 6.42 Å². The third-order valence-electron chi connectivity index (χ3n) is 3.37. The Balaban J connectivity index is 2.03. The van der Waals surface area contributed by atoms with E-state index < -0.39 is 12.2 Å². The molecule has 2 rings (SSSR count). The molecule has 0 fully saturated rings. The van der Waals surface area contributed by atoms with Gasteiger partial charge in [0.25, 0.3) is 0 Å². The predicted molar refractivity (Wildman–Crippen MR) is 76.9 cm³/mol. The fraction of sp³-hybridized carbons (Fsp3) is 0.294. The van der Waals surface area contributed by atoms with Gasteiger partial charge in [-0.15, -0.1) is 0 Å². The summed E-state index contributed by atoms with van der Waals surface area (Å²) in [6, 6.07) is 15.5. The van der Waals surface area contributed by atoms with Crippen molar-refractivity contribution in [2.75, 3.05) is 0 Å². The van der Waals surface area contributed by atoms with Gasteiger partial charge in [-0.25, -0.2) is 0 Å². The molecule has 0 aromatic heterocycles. The Morgan fingerprint density at radius 2 is 1.00 bits per heavy atom. The molecule has 0 amide bonds. The molecule has 2 aromatic carbocycles. The van der Waals surface area contributed by atoms with E-state index in [9.17, 15) is 10.2 Å². The van der Waals surface area contributed by atoms with Crippen LogP contribution in [-0.4, -0.2) is 10.2 Å². The highest BCUT2D eigenvalue weighted by atomic mass is 16.3. The van der Waals surface area contributed by atoms with Crippen molar-refractivity contribution in [2.24, 2.45) is 0 Å². The van der Waals surface area contributed by atoms with Crippen LogP contribution in [0.25, 0.3) is 0 Å². The lowest BCUT2D eigenvalue weighted by Crippen LogP contribution is -2.05. The number of aliphatic hydroxyl groups is 2. The first-order chi connectivity index (χ1) is 9.06. The summed E-state index contributed by atoms with van der Waals surface area (Å²) in [5.41, 5.74) is 4.01. The van der Waals surface area contributed by atoms with Gasteiger partial charge in [-0.05, 0) is 25.0 Å². The Bertz CT molecular complexity index is 464. The second-order valence-electron chi connectivity index (χ2n) is 5.09. The van der Waals surface area contributed by atoms with Crippen molar-refractivity contribution in [1.29, 1.82) is 0 Å². The average molecular weight is 256 g/mol.